The number of hydrogen-bond acceptors (Lipinski definition) is 2. The van der Waals surface area contributed by atoms with Gasteiger partial charge >= 0.3 is 0 Å². The van der Waals surface area contributed by atoms with Crippen LogP contribution in [0, 0.1) is 11.6 Å². The average Bonchev–Trinajstić information content (AvgIpc) is 2.34. The van der Waals surface area contributed by atoms with Crippen molar-refractivity contribution in [1.29, 1.82) is 0 Å². The van der Waals surface area contributed by atoms with E-state index in [1.165, 1.54) is 12.1 Å². The van der Waals surface area contributed by atoms with Gasteiger partial charge in [0.05, 0.1) is 0 Å². The monoisotopic (exact) mass is 328 g/mol. The molecule has 0 heterocycles. The number of benzene rings is 2. The Morgan fingerprint density at radius 1 is 1.06 bits per heavy atom. The molecule has 18 heavy (non-hydrogen) atoms. The lowest BCUT2D eigenvalue weighted by molar-refractivity contribution is 0.112. The topological polar surface area (TPSA) is 17.1 Å². The fourth-order valence-corrected chi connectivity index (χ4v) is 2.65. The van der Waals surface area contributed by atoms with Crippen molar-refractivity contribution >= 4 is 34.0 Å². The van der Waals surface area contributed by atoms with Crippen molar-refractivity contribution in [2.75, 3.05) is 0 Å². The largest absolute Gasteiger partial charge is 0.298 e. The minimum Gasteiger partial charge on any atom is -0.298 e. The quantitative estimate of drug-likeness (QED) is 0.760. The van der Waals surface area contributed by atoms with E-state index >= 15 is 0 Å². The summed E-state index contributed by atoms with van der Waals surface area (Å²) < 4.78 is 27.0. The normalized spacial score (nSPS) is 10.4. The van der Waals surface area contributed by atoms with Gasteiger partial charge in [-0.3, -0.25) is 4.79 Å². The summed E-state index contributed by atoms with van der Waals surface area (Å²) in [4.78, 5) is 11.8. The number of halogens is 3. The number of aldehydes is 1. The Kier molecular flexibility index (Phi) is 4.14. The van der Waals surface area contributed by atoms with Crippen LogP contribution >= 0.6 is 27.7 Å². The summed E-state index contributed by atoms with van der Waals surface area (Å²) in [6, 6.07) is 8.48. The predicted molar refractivity (Wildman–Crippen MR) is 70.0 cm³/mol. The number of rotatable bonds is 3. The van der Waals surface area contributed by atoms with Crippen molar-refractivity contribution < 1.29 is 13.6 Å². The third-order valence-corrected chi connectivity index (χ3v) is 3.85. The molecule has 0 aliphatic heterocycles. The fraction of sp³-hybridized carbons (Fsp3) is 0. The van der Waals surface area contributed by atoms with E-state index in [2.05, 4.69) is 15.9 Å². The smallest absolute Gasteiger partial charge is 0.151 e. The van der Waals surface area contributed by atoms with E-state index in [0.717, 1.165) is 22.3 Å². The lowest BCUT2D eigenvalue weighted by atomic mass is 10.2. The minimum absolute atomic E-state index is 0.279. The van der Waals surface area contributed by atoms with Crippen LogP contribution in [0.1, 0.15) is 10.4 Å². The maximum Gasteiger partial charge on any atom is 0.151 e. The van der Waals surface area contributed by atoms with E-state index in [9.17, 15) is 13.6 Å². The predicted octanol–water partition coefficient (Wildman–Crippen LogP) is 4.69. The second-order valence-corrected chi connectivity index (χ2v) is 5.48. The molecule has 0 saturated heterocycles. The van der Waals surface area contributed by atoms with Crippen molar-refractivity contribution in [2.24, 2.45) is 0 Å². The van der Waals surface area contributed by atoms with Gasteiger partial charge < -0.3 is 0 Å². The molecule has 1 nitrogen and oxygen atoms in total. The first-order valence-corrected chi connectivity index (χ1v) is 6.59. The molecule has 92 valence electrons. The Morgan fingerprint density at radius 3 is 2.44 bits per heavy atom. The van der Waals surface area contributed by atoms with Crippen LogP contribution < -0.4 is 0 Å². The molecule has 0 N–H and O–H groups in total. The lowest BCUT2D eigenvalue weighted by Gasteiger charge is -2.06. The summed E-state index contributed by atoms with van der Waals surface area (Å²) in [5.41, 5.74) is 0.457. The molecule has 0 fully saturated rings. The van der Waals surface area contributed by atoms with Crippen LogP contribution in [0.4, 0.5) is 8.78 Å². The Hall–Kier alpha value is -1.20. The van der Waals surface area contributed by atoms with Crippen LogP contribution in [0.25, 0.3) is 0 Å². The second kappa shape index (κ2) is 5.63. The summed E-state index contributed by atoms with van der Waals surface area (Å²) in [6.45, 7) is 0. The lowest BCUT2D eigenvalue weighted by Crippen LogP contribution is -1.88. The molecule has 2 aromatic carbocycles. The highest BCUT2D eigenvalue weighted by Crippen LogP contribution is 2.33. The summed E-state index contributed by atoms with van der Waals surface area (Å²) >= 11 is 4.34. The molecule has 0 saturated carbocycles. The molecule has 0 unspecified atom stereocenters. The standard InChI is InChI=1S/C13H7BrF2OS/c14-9-1-3-12(8(5-9)7-17)18-13-4-2-10(15)6-11(13)16/h1-7H. The van der Waals surface area contributed by atoms with Gasteiger partial charge in [-0.2, -0.15) is 0 Å². The molecule has 0 bridgehead atoms. The molecular weight excluding hydrogens is 322 g/mol. The Balaban J connectivity index is 2.36. The molecule has 0 spiro atoms. The van der Waals surface area contributed by atoms with E-state index in [-0.39, 0.29) is 4.90 Å². The van der Waals surface area contributed by atoms with Crippen LogP contribution in [-0.2, 0) is 0 Å². The van der Waals surface area contributed by atoms with Gasteiger partial charge in [-0.1, -0.05) is 27.7 Å². The van der Waals surface area contributed by atoms with Gasteiger partial charge in [0.2, 0.25) is 0 Å². The van der Waals surface area contributed by atoms with Gasteiger partial charge in [0, 0.05) is 25.9 Å². The van der Waals surface area contributed by atoms with Gasteiger partial charge in [0.15, 0.2) is 6.29 Å². The zero-order valence-electron chi connectivity index (χ0n) is 8.99. The van der Waals surface area contributed by atoms with Crippen LogP contribution in [0.3, 0.4) is 0 Å². The van der Waals surface area contributed by atoms with Gasteiger partial charge in [-0.15, -0.1) is 0 Å². The third kappa shape index (κ3) is 2.97. The molecule has 5 heteroatoms. The fourth-order valence-electron chi connectivity index (χ4n) is 1.38. The summed E-state index contributed by atoms with van der Waals surface area (Å²) in [6.07, 6.45) is 0.703. The number of carbonyl (C=O) groups excluding carboxylic acids is 1. The van der Waals surface area contributed by atoms with Crippen LogP contribution in [0.5, 0.6) is 0 Å². The van der Waals surface area contributed by atoms with Crippen LogP contribution in [0.2, 0.25) is 0 Å². The zero-order chi connectivity index (χ0) is 13.1. The minimum atomic E-state index is -0.639. The van der Waals surface area contributed by atoms with E-state index in [1.54, 1.807) is 18.2 Å². The first-order valence-electron chi connectivity index (χ1n) is 4.98. The van der Waals surface area contributed by atoms with Gasteiger partial charge in [-0.05, 0) is 30.3 Å². The first kappa shape index (κ1) is 13.2. The molecular formula is C13H7BrF2OS. The molecule has 0 atom stereocenters. The summed E-state index contributed by atoms with van der Waals surface area (Å²) in [5, 5.41) is 0. The molecule has 2 aromatic rings. The average molecular weight is 329 g/mol. The number of carbonyl (C=O) groups is 1. The Labute approximate surface area is 115 Å². The van der Waals surface area contributed by atoms with Gasteiger partial charge in [0.1, 0.15) is 11.6 Å². The summed E-state index contributed by atoms with van der Waals surface area (Å²) in [7, 11) is 0. The maximum atomic E-state index is 13.5. The SMILES string of the molecule is O=Cc1cc(Br)ccc1Sc1ccc(F)cc1F. The van der Waals surface area contributed by atoms with E-state index in [1.807, 2.05) is 0 Å². The number of hydrogen-bond donors (Lipinski definition) is 0. The molecule has 2 rings (SSSR count). The Morgan fingerprint density at radius 2 is 1.78 bits per heavy atom. The van der Waals surface area contributed by atoms with Gasteiger partial charge in [0.25, 0.3) is 0 Å². The third-order valence-electron chi connectivity index (χ3n) is 2.21. The van der Waals surface area contributed by atoms with E-state index < -0.39 is 11.6 Å². The van der Waals surface area contributed by atoms with Crippen molar-refractivity contribution in [3.63, 3.8) is 0 Å². The highest BCUT2D eigenvalue weighted by molar-refractivity contribution is 9.10. The first-order chi connectivity index (χ1) is 8.60. The van der Waals surface area contributed by atoms with Crippen LogP contribution in [0.15, 0.2) is 50.7 Å². The molecule has 0 aliphatic carbocycles. The highest BCUT2D eigenvalue weighted by atomic mass is 79.9. The maximum absolute atomic E-state index is 13.5. The molecule has 0 radical (unpaired) electrons. The van der Waals surface area contributed by atoms with Crippen molar-refractivity contribution in [3.8, 4) is 0 Å². The molecule has 0 amide bonds. The summed E-state index contributed by atoms with van der Waals surface area (Å²) in [5.74, 6) is -1.26. The van der Waals surface area contributed by atoms with Crippen LogP contribution in [-0.4, -0.2) is 6.29 Å². The molecule has 0 aliphatic rings. The second-order valence-electron chi connectivity index (χ2n) is 3.48. The highest BCUT2D eigenvalue weighted by Gasteiger charge is 2.09. The van der Waals surface area contributed by atoms with E-state index in [4.69, 9.17) is 0 Å². The van der Waals surface area contributed by atoms with Crippen molar-refractivity contribution in [3.05, 3.63) is 58.1 Å². The molecule has 0 aromatic heterocycles. The van der Waals surface area contributed by atoms with Crippen molar-refractivity contribution in [2.45, 2.75) is 9.79 Å². The Bertz CT molecular complexity index is 602. The zero-order valence-corrected chi connectivity index (χ0v) is 11.4. The van der Waals surface area contributed by atoms with Gasteiger partial charge in [-0.25, -0.2) is 8.78 Å². The van der Waals surface area contributed by atoms with E-state index in [0.29, 0.717) is 16.7 Å². The van der Waals surface area contributed by atoms with Crippen molar-refractivity contribution in [1.82, 2.24) is 0 Å².